The van der Waals surface area contributed by atoms with E-state index in [2.05, 4.69) is 52.7 Å². The van der Waals surface area contributed by atoms with E-state index in [1.807, 2.05) is 17.9 Å². The average Bonchev–Trinajstić information content (AvgIpc) is 3.17. The van der Waals surface area contributed by atoms with E-state index in [0.29, 0.717) is 0 Å². The van der Waals surface area contributed by atoms with Crippen molar-refractivity contribution >= 4 is 11.6 Å². The molecule has 2 heterocycles. The highest BCUT2D eigenvalue weighted by Gasteiger charge is 2.22. The van der Waals surface area contributed by atoms with Crippen LogP contribution in [0, 0.1) is 0 Å². The van der Waals surface area contributed by atoms with Gasteiger partial charge in [-0.25, -0.2) is 0 Å². The lowest BCUT2D eigenvalue weighted by atomic mass is 10.2. The number of hydrogen-bond donors (Lipinski definition) is 1. The Morgan fingerprint density at radius 3 is 3.00 bits per heavy atom. The van der Waals surface area contributed by atoms with Crippen molar-refractivity contribution in [3.8, 4) is 0 Å². The van der Waals surface area contributed by atoms with Gasteiger partial charge in [0.25, 0.3) is 0 Å². The summed E-state index contributed by atoms with van der Waals surface area (Å²) in [4.78, 5) is 7.13. The molecule has 2 aromatic rings. The summed E-state index contributed by atoms with van der Waals surface area (Å²) >= 11 is 0. The van der Waals surface area contributed by atoms with Crippen LogP contribution < -0.4 is 10.2 Å². The molecule has 1 aromatic carbocycles. The molecular weight excluding hydrogens is 286 g/mol. The van der Waals surface area contributed by atoms with E-state index in [-0.39, 0.29) is 0 Å². The maximum atomic E-state index is 4.82. The largest absolute Gasteiger partial charge is 0.356 e. The number of fused-ring (bicyclic) bond motifs is 1. The highest BCUT2D eigenvalue weighted by Crippen LogP contribution is 2.27. The molecule has 0 aliphatic carbocycles. The molecule has 5 heteroatoms. The molecule has 0 saturated heterocycles. The van der Waals surface area contributed by atoms with Crippen LogP contribution in [0.2, 0.25) is 0 Å². The number of anilines is 1. The fraction of sp³-hybridized carbons (Fsp3) is 0.444. The molecule has 0 amide bonds. The summed E-state index contributed by atoms with van der Waals surface area (Å²) in [7, 11) is 1.95. The Morgan fingerprint density at radius 1 is 1.35 bits per heavy atom. The van der Waals surface area contributed by atoms with Crippen molar-refractivity contribution in [2.24, 2.45) is 12.0 Å². The highest BCUT2D eigenvalue weighted by atomic mass is 15.3. The van der Waals surface area contributed by atoms with Gasteiger partial charge in [-0.05, 0) is 43.4 Å². The summed E-state index contributed by atoms with van der Waals surface area (Å²) in [5.74, 6) is 1.00. The van der Waals surface area contributed by atoms with Crippen molar-refractivity contribution in [3.05, 3.63) is 47.8 Å². The molecule has 0 unspecified atom stereocenters. The lowest BCUT2D eigenvalue weighted by Gasteiger charge is -2.22. The molecule has 0 radical (unpaired) electrons. The summed E-state index contributed by atoms with van der Waals surface area (Å²) in [6.07, 6.45) is 7.16. The SMILES string of the molecule is CCNC(=NCCCc1cnn(C)c1)N1CCc2ccccc21. The van der Waals surface area contributed by atoms with Crippen LogP contribution in [0.4, 0.5) is 5.69 Å². The maximum Gasteiger partial charge on any atom is 0.198 e. The smallest absolute Gasteiger partial charge is 0.198 e. The minimum Gasteiger partial charge on any atom is -0.356 e. The van der Waals surface area contributed by atoms with Crippen molar-refractivity contribution < 1.29 is 0 Å². The Morgan fingerprint density at radius 2 is 2.22 bits per heavy atom. The Bertz CT molecular complexity index is 674. The van der Waals surface area contributed by atoms with Crippen molar-refractivity contribution in [1.82, 2.24) is 15.1 Å². The van der Waals surface area contributed by atoms with Gasteiger partial charge in [-0.1, -0.05) is 18.2 Å². The first-order chi connectivity index (χ1) is 11.3. The van der Waals surface area contributed by atoms with E-state index in [9.17, 15) is 0 Å². The number of aromatic nitrogens is 2. The van der Waals surface area contributed by atoms with Crippen LogP contribution in [0.1, 0.15) is 24.5 Å². The first kappa shape index (κ1) is 15.6. The van der Waals surface area contributed by atoms with Crippen molar-refractivity contribution in [2.75, 3.05) is 24.5 Å². The number of para-hydroxylation sites is 1. The third-order valence-corrected chi connectivity index (χ3v) is 4.12. The molecule has 1 N–H and O–H groups in total. The minimum absolute atomic E-state index is 0.829. The zero-order valence-electron chi connectivity index (χ0n) is 14.0. The second kappa shape index (κ2) is 7.31. The van der Waals surface area contributed by atoms with E-state index in [1.165, 1.54) is 16.8 Å². The summed E-state index contributed by atoms with van der Waals surface area (Å²) in [5.41, 5.74) is 3.98. The van der Waals surface area contributed by atoms with Gasteiger partial charge in [0.15, 0.2) is 5.96 Å². The third-order valence-electron chi connectivity index (χ3n) is 4.12. The molecule has 0 spiro atoms. The Balaban J connectivity index is 1.62. The summed E-state index contributed by atoms with van der Waals surface area (Å²) < 4.78 is 1.85. The molecule has 1 aliphatic rings. The van der Waals surface area contributed by atoms with Crippen molar-refractivity contribution in [3.63, 3.8) is 0 Å². The van der Waals surface area contributed by atoms with Crippen LogP contribution in [0.25, 0.3) is 0 Å². The lowest BCUT2D eigenvalue weighted by molar-refractivity contribution is 0.765. The van der Waals surface area contributed by atoms with Gasteiger partial charge < -0.3 is 10.2 Å². The number of rotatable bonds is 5. The molecule has 122 valence electrons. The van der Waals surface area contributed by atoms with Crippen LogP contribution in [-0.2, 0) is 19.9 Å². The quantitative estimate of drug-likeness (QED) is 0.524. The van der Waals surface area contributed by atoms with Crippen LogP contribution in [0.15, 0.2) is 41.7 Å². The number of benzene rings is 1. The van der Waals surface area contributed by atoms with Gasteiger partial charge in [0.2, 0.25) is 0 Å². The van der Waals surface area contributed by atoms with Gasteiger partial charge >= 0.3 is 0 Å². The summed E-state index contributed by atoms with van der Waals surface area (Å²) in [5, 5.41) is 7.64. The van der Waals surface area contributed by atoms with E-state index < -0.39 is 0 Å². The first-order valence-corrected chi connectivity index (χ1v) is 8.39. The normalized spacial score (nSPS) is 14.2. The average molecular weight is 311 g/mol. The molecule has 0 saturated carbocycles. The van der Waals surface area contributed by atoms with E-state index in [0.717, 1.165) is 44.9 Å². The molecule has 0 atom stereocenters. The highest BCUT2D eigenvalue weighted by molar-refractivity contribution is 5.97. The van der Waals surface area contributed by atoms with Crippen LogP contribution in [0.5, 0.6) is 0 Å². The number of nitrogens with zero attached hydrogens (tertiary/aromatic N) is 4. The van der Waals surface area contributed by atoms with E-state index in [4.69, 9.17) is 4.99 Å². The predicted molar refractivity (Wildman–Crippen MR) is 95.0 cm³/mol. The number of nitrogens with one attached hydrogen (secondary N) is 1. The summed E-state index contributed by atoms with van der Waals surface area (Å²) in [6.45, 7) is 4.84. The Hall–Kier alpha value is -2.30. The molecule has 5 nitrogen and oxygen atoms in total. The molecule has 1 aliphatic heterocycles. The van der Waals surface area contributed by atoms with Gasteiger partial charge in [0.1, 0.15) is 0 Å². The van der Waals surface area contributed by atoms with Gasteiger partial charge in [0, 0.05) is 38.6 Å². The zero-order chi connectivity index (χ0) is 16.1. The number of aliphatic imine (C=N–C) groups is 1. The minimum atomic E-state index is 0.829. The van der Waals surface area contributed by atoms with Crippen molar-refractivity contribution in [2.45, 2.75) is 26.2 Å². The molecule has 3 rings (SSSR count). The first-order valence-electron chi connectivity index (χ1n) is 8.39. The van der Waals surface area contributed by atoms with E-state index >= 15 is 0 Å². The molecule has 23 heavy (non-hydrogen) atoms. The monoisotopic (exact) mass is 311 g/mol. The fourth-order valence-electron chi connectivity index (χ4n) is 3.02. The lowest BCUT2D eigenvalue weighted by Crippen LogP contribution is -2.40. The maximum absolute atomic E-state index is 4.82. The standard InChI is InChI=1S/C18H25N5/c1-3-19-18(20-11-6-7-15-13-21-22(2)14-15)23-12-10-16-8-4-5-9-17(16)23/h4-5,8-9,13-14H,3,6-7,10-12H2,1-2H3,(H,19,20). The second-order valence-corrected chi connectivity index (χ2v) is 5.89. The van der Waals surface area contributed by atoms with Gasteiger partial charge in [-0.15, -0.1) is 0 Å². The van der Waals surface area contributed by atoms with Gasteiger partial charge in [0.05, 0.1) is 6.20 Å². The Labute approximate surface area is 138 Å². The second-order valence-electron chi connectivity index (χ2n) is 5.89. The van der Waals surface area contributed by atoms with Gasteiger partial charge in [-0.2, -0.15) is 5.10 Å². The third kappa shape index (κ3) is 3.73. The number of guanidine groups is 1. The molecule has 1 aromatic heterocycles. The fourth-order valence-corrected chi connectivity index (χ4v) is 3.02. The van der Waals surface area contributed by atoms with Crippen LogP contribution in [-0.4, -0.2) is 35.4 Å². The predicted octanol–water partition coefficient (Wildman–Crippen LogP) is 2.38. The number of aryl methyl sites for hydroxylation is 2. The molecular formula is C18H25N5. The van der Waals surface area contributed by atoms with Crippen molar-refractivity contribution in [1.29, 1.82) is 0 Å². The topological polar surface area (TPSA) is 45.5 Å². The molecule has 0 fully saturated rings. The number of hydrogen-bond acceptors (Lipinski definition) is 2. The molecule has 0 bridgehead atoms. The zero-order valence-corrected chi connectivity index (χ0v) is 14.0. The Kier molecular flexibility index (Phi) is 4.95. The van der Waals surface area contributed by atoms with Gasteiger partial charge in [-0.3, -0.25) is 9.67 Å². The summed E-state index contributed by atoms with van der Waals surface area (Å²) in [6, 6.07) is 8.61. The van der Waals surface area contributed by atoms with E-state index in [1.54, 1.807) is 0 Å². The van der Waals surface area contributed by atoms with Crippen LogP contribution in [0.3, 0.4) is 0 Å². The van der Waals surface area contributed by atoms with Crippen LogP contribution >= 0.6 is 0 Å².